The highest BCUT2D eigenvalue weighted by atomic mass is 16.3. The van der Waals surface area contributed by atoms with Crippen LogP contribution in [-0.2, 0) is 5.60 Å². The van der Waals surface area contributed by atoms with Crippen molar-refractivity contribution in [1.82, 2.24) is 9.88 Å². The lowest BCUT2D eigenvalue weighted by Gasteiger charge is -2.52. The number of rotatable bonds is 2. The van der Waals surface area contributed by atoms with Gasteiger partial charge in [-0.25, -0.2) is 0 Å². The number of benzene rings is 2. The Kier molecular flexibility index (Phi) is 4.59. The van der Waals surface area contributed by atoms with Crippen LogP contribution in [0.5, 0.6) is 0 Å². The first-order chi connectivity index (χ1) is 14.2. The molecule has 2 aliphatic rings. The normalized spacial score (nSPS) is 26.9. The minimum Gasteiger partial charge on any atom is -0.385 e. The molecule has 4 nitrogen and oxygen atoms in total. The zero-order chi connectivity index (χ0) is 19.8. The molecule has 3 atom stereocenters. The van der Waals surface area contributed by atoms with E-state index in [2.05, 4.69) is 4.98 Å². The van der Waals surface area contributed by atoms with Gasteiger partial charge in [0.15, 0.2) is 0 Å². The van der Waals surface area contributed by atoms with Gasteiger partial charge in [0, 0.05) is 30.1 Å². The quantitative estimate of drug-likeness (QED) is 0.704. The minimum atomic E-state index is -0.856. The van der Waals surface area contributed by atoms with Crippen LogP contribution in [0, 0.1) is 5.92 Å². The van der Waals surface area contributed by atoms with E-state index >= 15 is 0 Å². The molecule has 2 heterocycles. The number of aliphatic hydroxyl groups is 1. The van der Waals surface area contributed by atoms with Crippen LogP contribution in [0.25, 0.3) is 10.9 Å². The fourth-order valence-electron chi connectivity index (χ4n) is 5.37. The van der Waals surface area contributed by atoms with Gasteiger partial charge in [-0.15, -0.1) is 0 Å². The minimum absolute atomic E-state index is 0.0373. The van der Waals surface area contributed by atoms with Crippen LogP contribution in [0.2, 0.25) is 0 Å². The van der Waals surface area contributed by atoms with Gasteiger partial charge in [0.1, 0.15) is 0 Å². The van der Waals surface area contributed by atoms with Gasteiger partial charge in [0.05, 0.1) is 16.7 Å². The van der Waals surface area contributed by atoms with E-state index < -0.39 is 5.60 Å². The second-order valence-corrected chi connectivity index (χ2v) is 8.41. The maximum absolute atomic E-state index is 13.5. The summed E-state index contributed by atoms with van der Waals surface area (Å²) in [7, 11) is 0. The van der Waals surface area contributed by atoms with E-state index in [4.69, 9.17) is 0 Å². The third-order valence-electron chi connectivity index (χ3n) is 6.85. The molecule has 148 valence electrons. The molecule has 3 unspecified atom stereocenters. The number of amides is 1. The van der Waals surface area contributed by atoms with E-state index in [0.717, 1.165) is 42.1 Å². The highest BCUT2D eigenvalue weighted by molar-refractivity contribution is 5.97. The van der Waals surface area contributed by atoms with Gasteiger partial charge in [-0.2, -0.15) is 0 Å². The van der Waals surface area contributed by atoms with Crippen molar-refractivity contribution in [3.63, 3.8) is 0 Å². The molecule has 1 saturated carbocycles. The molecule has 2 fully saturated rings. The van der Waals surface area contributed by atoms with Gasteiger partial charge in [-0.1, -0.05) is 61.4 Å². The summed E-state index contributed by atoms with van der Waals surface area (Å²) in [6.45, 7) is 0.568. The number of pyridine rings is 1. The molecular weight excluding hydrogens is 360 g/mol. The Balaban J connectivity index is 1.47. The second-order valence-electron chi connectivity index (χ2n) is 8.41. The van der Waals surface area contributed by atoms with Gasteiger partial charge < -0.3 is 10.0 Å². The predicted molar refractivity (Wildman–Crippen MR) is 113 cm³/mol. The molecule has 5 rings (SSSR count). The van der Waals surface area contributed by atoms with Crippen molar-refractivity contribution < 1.29 is 9.90 Å². The Hall–Kier alpha value is -2.72. The Morgan fingerprint density at radius 2 is 1.79 bits per heavy atom. The van der Waals surface area contributed by atoms with Crippen molar-refractivity contribution in [2.24, 2.45) is 5.92 Å². The fourth-order valence-corrected chi connectivity index (χ4v) is 5.37. The summed E-state index contributed by atoms with van der Waals surface area (Å²) in [6.07, 6.45) is 6.38. The maximum Gasteiger partial charge on any atom is 0.255 e. The first-order valence-corrected chi connectivity index (χ1v) is 10.6. The number of carbonyl (C=O) groups is 1. The number of fused-ring (bicyclic) bond motifs is 2. The van der Waals surface area contributed by atoms with Crippen molar-refractivity contribution in [2.75, 3.05) is 6.54 Å². The molecule has 3 aromatic rings. The van der Waals surface area contributed by atoms with Crippen LogP contribution >= 0.6 is 0 Å². The molecule has 1 aromatic heterocycles. The highest BCUT2D eigenvalue weighted by Crippen LogP contribution is 2.47. The SMILES string of the molecule is O=C(c1cnc2ccccc2c1)N1CCC(O)(c2ccccc2)C2CCCCC21. The summed E-state index contributed by atoms with van der Waals surface area (Å²) < 4.78 is 0. The number of likely N-dealkylation sites (tertiary alicyclic amines) is 1. The zero-order valence-electron chi connectivity index (χ0n) is 16.5. The molecular formula is C25H26N2O2. The lowest BCUT2D eigenvalue weighted by atomic mass is 9.66. The topological polar surface area (TPSA) is 53.4 Å². The van der Waals surface area contributed by atoms with Crippen molar-refractivity contribution in [3.8, 4) is 0 Å². The third-order valence-corrected chi connectivity index (χ3v) is 6.85. The lowest BCUT2D eigenvalue weighted by Crippen LogP contribution is -2.59. The van der Waals surface area contributed by atoms with Crippen molar-refractivity contribution in [3.05, 3.63) is 78.0 Å². The summed E-state index contributed by atoms with van der Waals surface area (Å²) in [5.74, 6) is 0.111. The van der Waals surface area contributed by atoms with Crippen LogP contribution < -0.4 is 0 Å². The number of hydrogen-bond acceptors (Lipinski definition) is 3. The number of aromatic nitrogens is 1. The van der Waals surface area contributed by atoms with Crippen molar-refractivity contribution in [2.45, 2.75) is 43.7 Å². The highest BCUT2D eigenvalue weighted by Gasteiger charge is 2.50. The smallest absolute Gasteiger partial charge is 0.255 e. The van der Waals surface area contributed by atoms with Gasteiger partial charge in [0.2, 0.25) is 0 Å². The Labute approximate surface area is 171 Å². The zero-order valence-corrected chi connectivity index (χ0v) is 16.5. The molecule has 2 aromatic carbocycles. The summed E-state index contributed by atoms with van der Waals surface area (Å²) in [5, 5.41) is 12.7. The van der Waals surface area contributed by atoms with Crippen molar-refractivity contribution >= 4 is 16.8 Å². The summed E-state index contributed by atoms with van der Waals surface area (Å²) in [5.41, 5.74) is 1.66. The van der Waals surface area contributed by atoms with Gasteiger partial charge >= 0.3 is 0 Å². The van der Waals surface area contributed by atoms with E-state index in [0.29, 0.717) is 18.5 Å². The molecule has 29 heavy (non-hydrogen) atoms. The molecule has 0 bridgehead atoms. The Morgan fingerprint density at radius 1 is 1.03 bits per heavy atom. The van der Waals surface area contributed by atoms with Crippen LogP contribution in [-0.4, -0.2) is 33.5 Å². The van der Waals surface area contributed by atoms with Crippen LogP contribution in [0.4, 0.5) is 0 Å². The first-order valence-electron chi connectivity index (χ1n) is 10.6. The van der Waals surface area contributed by atoms with Gasteiger partial charge in [0.25, 0.3) is 5.91 Å². The number of hydrogen-bond donors (Lipinski definition) is 1. The second kappa shape index (κ2) is 7.27. The van der Waals surface area contributed by atoms with Crippen LogP contribution in [0.15, 0.2) is 66.9 Å². The molecule has 1 aliphatic heterocycles. The molecule has 1 saturated heterocycles. The largest absolute Gasteiger partial charge is 0.385 e. The van der Waals surface area contributed by atoms with Crippen LogP contribution in [0.1, 0.15) is 48.0 Å². The van der Waals surface area contributed by atoms with Gasteiger partial charge in [-0.05, 0) is 37.0 Å². The van der Waals surface area contributed by atoms with Gasteiger partial charge in [-0.3, -0.25) is 9.78 Å². The van der Waals surface area contributed by atoms with E-state index in [9.17, 15) is 9.90 Å². The molecule has 0 spiro atoms. The van der Waals surface area contributed by atoms with Crippen molar-refractivity contribution in [1.29, 1.82) is 0 Å². The molecule has 1 amide bonds. The monoisotopic (exact) mass is 386 g/mol. The number of piperidine rings is 1. The number of carbonyl (C=O) groups excluding carboxylic acids is 1. The van der Waals surface area contributed by atoms with E-state index in [1.54, 1.807) is 6.20 Å². The number of nitrogens with zero attached hydrogens (tertiary/aromatic N) is 2. The Bertz CT molecular complexity index is 1040. The summed E-state index contributed by atoms with van der Waals surface area (Å²) in [4.78, 5) is 19.9. The summed E-state index contributed by atoms with van der Waals surface area (Å²) in [6, 6.07) is 19.9. The van der Waals surface area contributed by atoms with Crippen LogP contribution in [0.3, 0.4) is 0 Å². The standard InChI is InChI=1S/C25H26N2O2/c28-24(19-16-18-8-4-6-12-22(18)26-17-19)27-15-14-25(29,20-9-2-1-3-10-20)21-11-5-7-13-23(21)27/h1-4,6,8-10,12,16-17,21,23,29H,5,7,11,13-15H2. The molecule has 4 heteroatoms. The molecule has 1 N–H and O–H groups in total. The first kappa shape index (κ1) is 18.3. The average molecular weight is 386 g/mol. The van der Waals surface area contributed by atoms with E-state index in [-0.39, 0.29) is 17.9 Å². The number of para-hydroxylation sites is 1. The predicted octanol–water partition coefficient (Wildman–Crippen LogP) is 4.53. The lowest BCUT2D eigenvalue weighted by molar-refractivity contribution is -0.110. The Morgan fingerprint density at radius 3 is 2.66 bits per heavy atom. The average Bonchev–Trinajstić information content (AvgIpc) is 2.79. The molecule has 0 radical (unpaired) electrons. The fraction of sp³-hybridized carbons (Fsp3) is 0.360. The maximum atomic E-state index is 13.5. The summed E-state index contributed by atoms with van der Waals surface area (Å²) >= 11 is 0. The van der Waals surface area contributed by atoms with E-state index in [1.165, 1.54) is 0 Å². The third kappa shape index (κ3) is 3.12. The molecule has 1 aliphatic carbocycles. The van der Waals surface area contributed by atoms with E-state index in [1.807, 2.05) is 65.6 Å².